The largest absolute Gasteiger partial charge is 0.356 e. The number of aromatic nitrogens is 14. The molecule has 1 fully saturated rings. The molecule has 0 bridgehead atoms. The molecular weight excluding hydrogens is 1840 g/mol. The Labute approximate surface area is 815 Å². The summed E-state index contributed by atoms with van der Waals surface area (Å²) >= 11 is 25.2. The van der Waals surface area contributed by atoms with Crippen molar-refractivity contribution in [2.75, 3.05) is 52.9 Å². The maximum absolute atomic E-state index is 13.1. The third-order valence-electron chi connectivity index (χ3n) is 24.7. The van der Waals surface area contributed by atoms with E-state index in [1.807, 2.05) is 143 Å². The molecule has 28 nitrogen and oxygen atoms in total. The van der Waals surface area contributed by atoms with Gasteiger partial charge in [-0.25, -0.2) is 10.4 Å². The van der Waals surface area contributed by atoms with E-state index in [1.54, 1.807) is 64.0 Å². The van der Waals surface area contributed by atoms with Crippen molar-refractivity contribution in [1.29, 1.82) is 0 Å². The van der Waals surface area contributed by atoms with E-state index in [0.29, 0.717) is 51.9 Å². The molecule has 0 radical (unpaired) electrons. The van der Waals surface area contributed by atoms with E-state index in [0.717, 1.165) is 178 Å². The van der Waals surface area contributed by atoms with Crippen molar-refractivity contribution in [3.8, 4) is 20.0 Å². The van der Waals surface area contributed by atoms with Gasteiger partial charge in [0.2, 0.25) is 11.8 Å². The monoisotopic (exact) mass is 1940 g/mol. The van der Waals surface area contributed by atoms with Gasteiger partial charge in [0.25, 0.3) is 0 Å². The van der Waals surface area contributed by atoms with Crippen LogP contribution in [0.15, 0.2) is 164 Å². The average molecular weight is 1940 g/mol. The van der Waals surface area contributed by atoms with Gasteiger partial charge in [-0.1, -0.05) is 138 Å². The minimum atomic E-state index is -0.551. The zero-order valence-electron chi connectivity index (χ0n) is 78.1. The van der Waals surface area contributed by atoms with Crippen molar-refractivity contribution in [3.05, 3.63) is 304 Å². The molecule has 2 amide bonds. The van der Waals surface area contributed by atoms with E-state index in [-0.39, 0.29) is 55.2 Å². The summed E-state index contributed by atoms with van der Waals surface area (Å²) in [6.45, 7) is 36.9. The molecule has 0 aliphatic carbocycles. The third-order valence-corrected chi connectivity index (χ3v) is 30.2. The van der Waals surface area contributed by atoms with Gasteiger partial charge in [-0.05, 0) is 181 Å². The number of rotatable bonds is 22. The first kappa shape index (κ1) is 95.9. The fourth-order valence-corrected chi connectivity index (χ4v) is 22.0. The summed E-state index contributed by atoms with van der Waals surface area (Å²) in [6, 6.07) is 37.7. The normalized spacial score (nSPS) is 16.0. The number of hydrazone groups is 1. The van der Waals surface area contributed by atoms with Gasteiger partial charge in [0.05, 0.1) is 48.4 Å². The number of carbonyl (C=O) groups excluding carboxylic acids is 4. The summed E-state index contributed by atoms with van der Waals surface area (Å²) in [5, 5.41) is 48.4. The second kappa shape index (κ2) is 41.9. The number of H-pyrrole nitrogens is 1. The second-order valence-electron chi connectivity index (χ2n) is 34.2. The number of carbonyl (C=O) groups is 4. The highest BCUT2D eigenvalue weighted by Gasteiger charge is 2.38. The Kier molecular flexibility index (Phi) is 29.8. The lowest BCUT2D eigenvalue weighted by atomic mass is 9.99. The van der Waals surface area contributed by atoms with Crippen molar-refractivity contribution in [2.24, 2.45) is 30.1 Å². The molecule has 4 atom stereocenters. The fraction of sp³-hybridized carbons (Fsp3) is 0.330. The van der Waals surface area contributed by atoms with Crippen LogP contribution in [0.25, 0.3) is 20.0 Å². The van der Waals surface area contributed by atoms with Crippen LogP contribution in [0.4, 0.5) is 0 Å². The Morgan fingerprint density at radius 3 is 1.15 bits per heavy atom. The van der Waals surface area contributed by atoms with Crippen molar-refractivity contribution in [2.45, 2.75) is 167 Å². The van der Waals surface area contributed by atoms with E-state index >= 15 is 0 Å². The van der Waals surface area contributed by atoms with Gasteiger partial charge in [0.1, 0.15) is 79.1 Å². The molecule has 1 saturated heterocycles. The van der Waals surface area contributed by atoms with Gasteiger partial charge in [-0.2, -0.15) is 5.10 Å². The van der Waals surface area contributed by atoms with Crippen LogP contribution >= 0.6 is 80.1 Å². The number of fused-ring (bicyclic) bond motifs is 12. The second-order valence-corrected chi connectivity index (χ2v) is 40.3. The molecule has 0 saturated carbocycles. The Hall–Kier alpha value is -12.2. The zero-order chi connectivity index (χ0) is 95.3. The molecule has 14 aromatic rings. The molecule has 5 aliphatic heterocycles. The van der Waals surface area contributed by atoms with Crippen molar-refractivity contribution in [1.82, 2.24) is 89.6 Å². The first-order valence-electron chi connectivity index (χ1n) is 44.8. The summed E-state index contributed by atoms with van der Waals surface area (Å²) in [6.07, 6.45) is 8.71. The number of aryl methyl sites for hydroxylation is 10. The number of ketones is 2. The number of likely N-dealkylation sites (N-methyl/N-ethyl adjacent to an activating group) is 1. The average Bonchev–Trinajstić information content (AvgIpc) is 1.61. The molecule has 35 heteroatoms. The number of nitrogens with one attached hydrogen (secondary N) is 3. The lowest BCUT2D eigenvalue weighted by Crippen LogP contribution is -2.45. The molecule has 9 aromatic heterocycles. The first-order chi connectivity index (χ1) is 64.9. The highest BCUT2D eigenvalue weighted by Crippen LogP contribution is 2.46. The van der Waals surface area contributed by atoms with Crippen LogP contribution in [0, 0.1) is 96.9 Å². The summed E-state index contributed by atoms with van der Waals surface area (Å²) in [7, 11) is 2.17. The molecule has 694 valence electrons. The van der Waals surface area contributed by atoms with E-state index in [4.69, 9.17) is 54.8 Å². The Morgan fingerprint density at radius 1 is 0.437 bits per heavy atom. The molecule has 3 N–H and O–H groups in total. The maximum Gasteiger partial charge on any atom is 0.242 e. The van der Waals surface area contributed by atoms with Crippen LogP contribution in [-0.4, -0.2) is 190 Å². The number of imidazole rings is 1. The summed E-state index contributed by atoms with van der Waals surface area (Å²) in [5.41, 5.74) is 22.3. The number of hydrogen-bond donors (Lipinski definition) is 3. The third kappa shape index (κ3) is 21.1. The number of piperazine rings is 1. The smallest absolute Gasteiger partial charge is 0.242 e. The number of thiophene rings is 4. The lowest BCUT2D eigenvalue weighted by molar-refractivity contribution is -0.122. The Morgan fingerprint density at radius 2 is 0.785 bits per heavy atom. The molecule has 135 heavy (non-hydrogen) atoms. The van der Waals surface area contributed by atoms with E-state index in [2.05, 4.69) is 189 Å². The minimum absolute atomic E-state index is 0.000689. The van der Waals surface area contributed by atoms with Gasteiger partial charge in [-0.15, -0.1) is 86.1 Å². The van der Waals surface area contributed by atoms with E-state index in [1.165, 1.54) is 48.0 Å². The summed E-state index contributed by atoms with van der Waals surface area (Å²) in [4.78, 5) is 92.8. The predicted octanol–water partition coefficient (Wildman–Crippen LogP) is 19.0. The molecule has 19 rings (SSSR count). The van der Waals surface area contributed by atoms with Gasteiger partial charge in [0, 0.05) is 150 Å². The van der Waals surface area contributed by atoms with Gasteiger partial charge < -0.3 is 20.1 Å². The Balaban J connectivity index is 0.000000131. The van der Waals surface area contributed by atoms with Crippen LogP contribution < -0.4 is 10.7 Å². The van der Waals surface area contributed by atoms with E-state index < -0.39 is 18.1 Å². The lowest BCUT2D eigenvalue weighted by Gasteiger charge is -2.32. The van der Waals surface area contributed by atoms with Crippen molar-refractivity contribution in [3.63, 3.8) is 0 Å². The molecule has 14 heterocycles. The standard InChI is InChI=1S/C28H26ClN5OS.C28H37N7OS.C23H21ClN8OS.C21H21ClN4OS/c1-16-5-7-20(8-6-16)14-30-15-23(35)13-24-27-33-32-19(4)34(27)28-25(17(2)18(3)36-28)26(31-24)21-9-11-22(29)12-10-21;1-18-7-9-22(10-8-18)26-25-19(2)20(3)37-28(25)35-21(4)31-32-27(35)23(30-26)17-24(36)29-11-6-12-34-15-13-33(5)14-16-34;1-12-13(2)34-23-20(12)21(15-4-6-16(24)7-5-15)28-17(22-31-29-14(3)32(22)23)10-19(33)30-27-11-18-25-8-9-26-18;1-5-16(27)10-17-20-25-24-13(4)26(20)21-18(11(2)12(3)28-21)19(23-17)14-6-8-15(22)9-7-14/h5-12,14,24H,13,15H2,1-4H3;7-10,23H,6,11-17H2,1-5H3,(H,29,36);4-9,11,17H,10H2,1-3H3,(H,25,26)(H,30,33);6-9,17H,5,10H2,1-4H3/b;;27-11+;/t24-;23-;2*17-/m0000/s1. The number of Topliss-reactive ketones (excluding diaryl/α,β-unsaturated/α-hetero) is 2. The predicted molar refractivity (Wildman–Crippen MR) is 541 cm³/mol. The minimum Gasteiger partial charge on any atom is -0.356 e. The topological polar surface area (TPSA) is 324 Å². The van der Waals surface area contributed by atoms with E-state index in [9.17, 15) is 19.2 Å². The number of benzene rings is 5. The molecule has 5 aliphatic rings. The highest BCUT2D eigenvalue weighted by molar-refractivity contribution is 7.16. The molecule has 0 unspecified atom stereocenters. The quantitative estimate of drug-likeness (QED) is 0.0322. The number of aliphatic imine (C=N–C) groups is 5. The zero-order valence-corrected chi connectivity index (χ0v) is 83.7. The molecule has 5 aromatic carbocycles. The Bertz CT molecular complexity index is 6950. The highest BCUT2D eigenvalue weighted by atomic mass is 35.5. The van der Waals surface area contributed by atoms with Gasteiger partial charge in [-0.3, -0.25) is 62.4 Å². The van der Waals surface area contributed by atoms with Crippen LogP contribution in [0.3, 0.4) is 0 Å². The van der Waals surface area contributed by atoms with Gasteiger partial charge >= 0.3 is 0 Å². The van der Waals surface area contributed by atoms with Crippen LogP contribution in [-0.2, 0) is 19.2 Å². The molecule has 0 spiro atoms. The van der Waals surface area contributed by atoms with Crippen LogP contribution in [0.2, 0.25) is 15.1 Å². The van der Waals surface area contributed by atoms with Crippen molar-refractivity contribution >= 4 is 139 Å². The summed E-state index contributed by atoms with van der Waals surface area (Å²) in [5.74, 6) is 6.30. The number of halogens is 3. The van der Waals surface area contributed by atoms with Crippen LogP contribution in [0.1, 0.15) is 225 Å². The van der Waals surface area contributed by atoms with Crippen molar-refractivity contribution < 1.29 is 19.2 Å². The maximum atomic E-state index is 13.1. The SMILES string of the molecule is CCC(=O)C[C@@H]1N=C(c2ccc(Cl)cc2)c2c(sc(C)c2C)-n2c(C)nnc21.Cc1ccc(C2=N[C@@H](CC(=O)NCCCN3CCN(C)CC3)c3nnc(C)n3-c3sc(C)c(C)c32)cc1.Cc1ccc(C=NCC(=O)C[C@@H]2N=C(c3ccc(Cl)cc3)c3c(sc(C)c3C)-n3c(C)nnc32)cc1.Cc1sc2c(c1C)C(c1ccc(Cl)cc1)=N[C@@H](CC(=O)N/N=C/c1ncc[nH]1)c1nnc(C)n1-2. The number of aromatic amines is 1. The summed E-state index contributed by atoms with van der Waals surface area (Å²) < 4.78 is 8.24. The number of hydrogen-bond acceptors (Lipinski definition) is 25. The van der Waals surface area contributed by atoms with Crippen LogP contribution in [0.5, 0.6) is 0 Å². The number of amides is 2. The van der Waals surface area contributed by atoms with Gasteiger partial charge in [0.15, 0.2) is 29.1 Å². The fourth-order valence-electron chi connectivity index (χ4n) is 16.8. The first-order valence-corrected chi connectivity index (χ1v) is 49.2. The molecular formula is C100H105Cl3N24O4S4. The number of nitrogens with zero attached hydrogens (tertiary/aromatic N) is 21.